The first-order chi connectivity index (χ1) is 11.1. The van der Waals surface area contributed by atoms with Crippen LogP contribution in [0.4, 0.5) is 5.82 Å². The van der Waals surface area contributed by atoms with Crippen molar-refractivity contribution in [3.05, 3.63) is 59.8 Å². The third-order valence-electron chi connectivity index (χ3n) is 4.35. The molecule has 1 saturated heterocycles. The lowest BCUT2D eigenvalue weighted by Crippen LogP contribution is -2.39. The number of halogens is 1. The molecule has 1 aliphatic heterocycles. The van der Waals surface area contributed by atoms with E-state index in [2.05, 4.69) is 34.1 Å². The molecule has 0 saturated carbocycles. The number of anilines is 1. The van der Waals surface area contributed by atoms with Crippen molar-refractivity contribution in [2.75, 3.05) is 25.9 Å². The molecular formula is C18H23ClN4O. The van der Waals surface area contributed by atoms with Crippen LogP contribution in [0, 0.1) is 0 Å². The third kappa shape index (κ3) is 4.24. The normalized spacial score (nSPS) is 17.3. The number of nitrogen functional groups attached to an aromatic ring is 1. The quantitative estimate of drug-likeness (QED) is 0.923. The summed E-state index contributed by atoms with van der Waals surface area (Å²) in [5, 5.41) is 0. The molecule has 1 aromatic carbocycles. The Hall–Kier alpha value is -2.11. The van der Waals surface area contributed by atoms with E-state index in [1.807, 2.05) is 13.1 Å². The van der Waals surface area contributed by atoms with Crippen molar-refractivity contribution >= 4 is 24.1 Å². The molecular weight excluding hydrogens is 324 g/mol. The lowest BCUT2D eigenvalue weighted by atomic mass is 10.2. The fourth-order valence-electron chi connectivity index (χ4n) is 3.03. The van der Waals surface area contributed by atoms with Crippen molar-refractivity contribution in [1.82, 2.24) is 14.8 Å². The van der Waals surface area contributed by atoms with Gasteiger partial charge in [-0.2, -0.15) is 0 Å². The maximum Gasteiger partial charge on any atom is 0.272 e. The predicted octanol–water partition coefficient (Wildman–Crippen LogP) is 2.43. The Morgan fingerprint density at radius 1 is 1.25 bits per heavy atom. The van der Waals surface area contributed by atoms with Gasteiger partial charge in [-0.25, -0.2) is 4.98 Å². The summed E-state index contributed by atoms with van der Waals surface area (Å²) < 4.78 is 0. The molecule has 0 radical (unpaired) electrons. The molecule has 6 heteroatoms. The van der Waals surface area contributed by atoms with Crippen molar-refractivity contribution in [1.29, 1.82) is 0 Å². The smallest absolute Gasteiger partial charge is 0.272 e. The van der Waals surface area contributed by atoms with Gasteiger partial charge in [-0.1, -0.05) is 36.4 Å². The van der Waals surface area contributed by atoms with Crippen molar-refractivity contribution in [2.24, 2.45) is 0 Å². The van der Waals surface area contributed by atoms with Gasteiger partial charge in [0.25, 0.3) is 5.91 Å². The Kier molecular flexibility index (Phi) is 6.17. The Balaban J connectivity index is 0.00000208. The summed E-state index contributed by atoms with van der Waals surface area (Å²) in [4.78, 5) is 20.8. The van der Waals surface area contributed by atoms with E-state index in [1.165, 1.54) is 5.56 Å². The number of rotatable bonds is 4. The predicted molar refractivity (Wildman–Crippen MR) is 98.1 cm³/mol. The van der Waals surface area contributed by atoms with Crippen LogP contribution in [0.1, 0.15) is 22.5 Å². The van der Waals surface area contributed by atoms with E-state index in [1.54, 1.807) is 23.1 Å². The highest BCUT2D eigenvalue weighted by atomic mass is 35.5. The number of nitrogens with two attached hydrogens (primary N) is 1. The average molecular weight is 347 g/mol. The monoisotopic (exact) mass is 346 g/mol. The number of pyridine rings is 1. The molecule has 1 unspecified atom stereocenters. The average Bonchev–Trinajstić information content (AvgIpc) is 3.03. The highest BCUT2D eigenvalue weighted by Gasteiger charge is 2.29. The molecule has 1 aliphatic rings. The van der Waals surface area contributed by atoms with Gasteiger partial charge < -0.3 is 10.6 Å². The van der Waals surface area contributed by atoms with E-state index >= 15 is 0 Å². The molecule has 1 aromatic heterocycles. The Bertz CT molecular complexity index is 680. The molecule has 1 amide bonds. The highest BCUT2D eigenvalue weighted by molar-refractivity contribution is 5.92. The number of hydrogen-bond acceptors (Lipinski definition) is 4. The molecule has 24 heavy (non-hydrogen) atoms. The van der Waals surface area contributed by atoms with E-state index in [4.69, 9.17) is 5.73 Å². The Morgan fingerprint density at radius 2 is 2.00 bits per heavy atom. The zero-order valence-electron chi connectivity index (χ0n) is 13.8. The van der Waals surface area contributed by atoms with Crippen LogP contribution in [0.15, 0.2) is 48.5 Å². The standard InChI is InChI=1S/C18H22N4O.ClH/c1-21(18(23)16-8-5-9-17(19)20-16)15-10-11-22(13-15)12-14-6-3-2-4-7-14;/h2-9,15H,10-13H2,1H3,(H2,19,20);1H. The summed E-state index contributed by atoms with van der Waals surface area (Å²) in [6.45, 7) is 2.82. The van der Waals surface area contributed by atoms with Crippen molar-refractivity contribution in [3.63, 3.8) is 0 Å². The first-order valence-corrected chi connectivity index (χ1v) is 7.89. The van der Waals surface area contributed by atoms with Gasteiger partial charge in [0.2, 0.25) is 0 Å². The number of carbonyl (C=O) groups excluding carboxylic acids is 1. The summed E-state index contributed by atoms with van der Waals surface area (Å²) in [6, 6.07) is 15.8. The SMILES string of the molecule is CN(C(=O)c1cccc(N)n1)C1CCN(Cc2ccccc2)C1.Cl. The van der Waals surface area contributed by atoms with Crippen molar-refractivity contribution < 1.29 is 4.79 Å². The van der Waals surface area contributed by atoms with Crippen LogP contribution in [0.2, 0.25) is 0 Å². The van der Waals surface area contributed by atoms with Gasteiger partial charge in [0.15, 0.2) is 0 Å². The van der Waals surface area contributed by atoms with Crippen LogP contribution in [-0.2, 0) is 6.54 Å². The van der Waals surface area contributed by atoms with Gasteiger partial charge in [0, 0.05) is 32.7 Å². The number of hydrogen-bond donors (Lipinski definition) is 1. The van der Waals surface area contributed by atoms with Crippen LogP contribution in [0.3, 0.4) is 0 Å². The first kappa shape index (κ1) is 18.2. The number of carbonyl (C=O) groups is 1. The molecule has 5 nitrogen and oxygen atoms in total. The van der Waals surface area contributed by atoms with Gasteiger partial charge in [0.05, 0.1) is 0 Å². The first-order valence-electron chi connectivity index (χ1n) is 7.89. The minimum atomic E-state index is -0.0659. The topological polar surface area (TPSA) is 62.5 Å². The molecule has 2 aromatic rings. The molecule has 2 N–H and O–H groups in total. The van der Waals surface area contributed by atoms with E-state index in [9.17, 15) is 4.79 Å². The molecule has 1 atom stereocenters. The van der Waals surface area contributed by atoms with Crippen molar-refractivity contribution in [2.45, 2.75) is 19.0 Å². The highest BCUT2D eigenvalue weighted by Crippen LogP contribution is 2.18. The third-order valence-corrected chi connectivity index (χ3v) is 4.35. The Labute approximate surface area is 148 Å². The summed E-state index contributed by atoms with van der Waals surface area (Å²) in [5.41, 5.74) is 7.38. The van der Waals surface area contributed by atoms with Crippen LogP contribution in [0.25, 0.3) is 0 Å². The van der Waals surface area contributed by atoms with Crippen LogP contribution >= 0.6 is 12.4 Å². The minimum absolute atomic E-state index is 0. The number of benzene rings is 1. The molecule has 0 spiro atoms. The summed E-state index contributed by atoms with van der Waals surface area (Å²) in [6.07, 6.45) is 0.984. The lowest BCUT2D eigenvalue weighted by Gasteiger charge is -2.25. The summed E-state index contributed by atoms with van der Waals surface area (Å²) in [5.74, 6) is 0.310. The van der Waals surface area contributed by atoms with Crippen LogP contribution in [-0.4, -0.2) is 46.9 Å². The number of amides is 1. The van der Waals surface area contributed by atoms with Gasteiger partial charge in [0.1, 0.15) is 11.5 Å². The molecule has 2 heterocycles. The second-order valence-electron chi connectivity index (χ2n) is 6.03. The van der Waals surface area contributed by atoms with Gasteiger partial charge in [-0.3, -0.25) is 9.69 Å². The summed E-state index contributed by atoms with van der Waals surface area (Å²) in [7, 11) is 1.85. The van der Waals surface area contributed by atoms with Gasteiger partial charge in [-0.15, -0.1) is 12.4 Å². The van der Waals surface area contributed by atoms with Crippen LogP contribution < -0.4 is 5.73 Å². The molecule has 0 aliphatic carbocycles. The maximum atomic E-state index is 12.5. The van der Waals surface area contributed by atoms with Crippen molar-refractivity contribution in [3.8, 4) is 0 Å². The molecule has 3 rings (SSSR count). The number of likely N-dealkylation sites (tertiary alicyclic amines) is 1. The zero-order valence-corrected chi connectivity index (χ0v) is 14.6. The van der Waals surface area contributed by atoms with Gasteiger partial charge in [-0.05, 0) is 24.1 Å². The van der Waals surface area contributed by atoms with Gasteiger partial charge >= 0.3 is 0 Å². The van der Waals surface area contributed by atoms with E-state index in [0.717, 1.165) is 26.1 Å². The lowest BCUT2D eigenvalue weighted by molar-refractivity contribution is 0.0729. The number of likely N-dealkylation sites (N-methyl/N-ethyl adjacent to an activating group) is 1. The Morgan fingerprint density at radius 3 is 2.71 bits per heavy atom. The summed E-state index contributed by atoms with van der Waals surface area (Å²) >= 11 is 0. The van der Waals surface area contributed by atoms with E-state index in [0.29, 0.717) is 11.5 Å². The largest absolute Gasteiger partial charge is 0.384 e. The van der Waals surface area contributed by atoms with Crippen LogP contribution in [0.5, 0.6) is 0 Å². The molecule has 128 valence electrons. The number of nitrogens with zero attached hydrogens (tertiary/aromatic N) is 3. The minimum Gasteiger partial charge on any atom is -0.384 e. The van der Waals surface area contributed by atoms with E-state index < -0.39 is 0 Å². The fraction of sp³-hybridized carbons (Fsp3) is 0.333. The second kappa shape index (κ2) is 8.13. The molecule has 1 fully saturated rings. The number of aromatic nitrogens is 1. The fourth-order valence-corrected chi connectivity index (χ4v) is 3.03. The molecule has 0 bridgehead atoms. The van der Waals surface area contributed by atoms with E-state index in [-0.39, 0.29) is 24.4 Å². The zero-order chi connectivity index (χ0) is 16.2. The maximum absolute atomic E-state index is 12.5. The second-order valence-corrected chi connectivity index (χ2v) is 6.03.